The van der Waals surface area contributed by atoms with E-state index in [1.54, 1.807) is 0 Å². The van der Waals surface area contributed by atoms with Crippen LogP contribution in [0.15, 0.2) is 18.2 Å². The first kappa shape index (κ1) is 16.4. The summed E-state index contributed by atoms with van der Waals surface area (Å²) < 4.78 is 43.4. The van der Waals surface area contributed by atoms with Gasteiger partial charge in [-0.3, -0.25) is 10.2 Å². The Balaban J connectivity index is 2.38. The van der Waals surface area contributed by atoms with Crippen molar-refractivity contribution in [3.05, 3.63) is 29.3 Å². The Morgan fingerprint density at radius 2 is 2.17 bits per heavy atom. The highest BCUT2D eigenvalue weighted by Crippen LogP contribution is 2.35. The number of nitriles is 1. The van der Waals surface area contributed by atoms with Gasteiger partial charge in [0.15, 0.2) is 0 Å². The fourth-order valence-corrected chi connectivity index (χ4v) is 2.20. The van der Waals surface area contributed by atoms with Crippen LogP contribution in [-0.2, 0) is 10.9 Å². The SMILES string of the molecule is CC1(OC(=O)O)CN(c2ccc(C#N)c(C(F)(F)F)c2)C(=O)N1. The van der Waals surface area contributed by atoms with Crippen LogP contribution >= 0.6 is 0 Å². The Morgan fingerprint density at radius 3 is 2.70 bits per heavy atom. The van der Waals surface area contributed by atoms with Crippen molar-refractivity contribution in [1.82, 2.24) is 5.32 Å². The van der Waals surface area contributed by atoms with Gasteiger partial charge in [-0.2, -0.15) is 18.4 Å². The van der Waals surface area contributed by atoms with E-state index in [2.05, 4.69) is 10.1 Å². The van der Waals surface area contributed by atoms with Crippen LogP contribution in [0.2, 0.25) is 0 Å². The van der Waals surface area contributed by atoms with E-state index in [0.717, 1.165) is 11.0 Å². The van der Waals surface area contributed by atoms with E-state index in [0.29, 0.717) is 6.07 Å². The summed E-state index contributed by atoms with van der Waals surface area (Å²) in [7, 11) is 0. The topological polar surface area (TPSA) is 103 Å². The van der Waals surface area contributed by atoms with Crippen LogP contribution in [0.25, 0.3) is 0 Å². The maximum absolute atomic E-state index is 13.0. The largest absolute Gasteiger partial charge is 0.507 e. The van der Waals surface area contributed by atoms with Crippen molar-refractivity contribution in [2.75, 3.05) is 11.4 Å². The number of benzene rings is 1. The molecule has 2 amide bonds. The molecule has 1 fully saturated rings. The molecular weight excluding hydrogens is 319 g/mol. The predicted octanol–water partition coefficient (Wildman–Crippen LogP) is 2.52. The van der Waals surface area contributed by atoms with Crippen LogP contribution in [0, 0.1) is 11.3 Å². The molecule has 1 atom stereocenters. The molecule has 0 spiro atoms. The molecule has 1 aliphatic heterocycles. The smallest absolute Gasteiger partial charge is 0.450 e. The molecule has 1 unspecified atom stereocenters. The third kappa shape index (κ3) is 3.28. The summed E-state index contributed by atoms with van der Waals surface area (Å²) in [5.74, 6) is 0. The second kappa shape index (κ2) is 5.35. The Kier molecular flexibility index (Phi) is 3.82. The second-order valence-corrected chi connectivity index (χ2v) is 4.95. The molecule has 2 rings (SSSR count). The van der Waals surface area contributed by atoms with Gasteiger partial charge in [-0.15, -0.1) is 0 Å². The number of ether oxygens (including phenoxy) is 1. The Hall–Kier alpha value is -2.96. The van der Waals surface area contributed by atoms with Crippen molar-refractivity contribution in [1.29, 1.82) is 5.26 Å². The Labute approximate surface area is 127 Å². The number of carbonyl (C=O) groups excluding carboxylic acids is 1. The first-order valence-corrected chi connectivity index (χ1v) is 6.19. The lowest BCUT2D eigenvalue weighted by atomic mass is 10.1. The standard InChI is InChI=1S/C13H10F3N3O4/c1-12(23-11(21)22)6-19(10(20)18-12)8-3-2-7(5-17)9(4-8)13(14,15)16/h2-4H,6H2,1H3,(H,18,20)(H,21,22). The van der Waals surface area contributed by atoms with Crippen LogP contribution < -0.4 is 10.2 Å². The number of carbonyl (C=O) groups is 2. The highest BCUT2D eigenvalue weighted by molar-refractivity contribution is 5.95. The number of hydrogen-bond donors (Lipinski definition) is 2. The summed E-state index contributed by atoms with van der Waals surface area (Å²) >= 11 is 0. The molecule has 23 heavy (non-hydrogen) atoms. The molecular formula is C13H10F3N3O4. The summed E-state index contributed by atoms with van der Waals surface area (Å²) in [6.45, 7) is 0.953. The highest BCUT2D eigenvalue weighted by atomic mass is 19.4. The normalized spacial score (nSPS) is 20.8. The van der Waals surface area contributed by atoms with Crippen LogP contribution in [0.4, 0.5) is 28.4 Å². The lowest BCUT2D eigenvalue weighted by molar-refractivity contribution is -0.137. The van der Waals surface area contributed by atoms with Gasteiger partial charge in [0.2, 0.25) is 5.72 Å². The molecule has 1 saturated heterocycles. The van der Waals surface area contributed by atoms with Gasteiger partial charge in [-0.25, -0.2) is 9.59 Å². The Bertz CT molecular complexity index is 713. The van der Waals surface area contributed by atoms with Crippen molar-refractivity contribution in [2.24, 2.45) is 0 Å². The molecule has 0 radical (unpaired) electrons. The first-order valence-electron chi connectivity index (χ1n) is 6.19. The second-order valence-electron chi connectivity index (χ2n) is 4.95. The zero-order chi connectivity index (χ0) is 17.4. The van der Waals surface area contributed by atoms with Crippen LogP contribution in [0.3, 0.4) is 0 Å². The molecule has 1 aliphatic rings. The monoisotopic (exact) mass is 329 g/mol. The highest BCUT2D eigenvalue weighted by Gasteiger charge is 2.43. The first-order chi connectivity index (χ1) is 10.6. The maximum Gasteiger partial charge on any atom is 0.507 e. The number of urea groups is 1. The lowest BCUT2D eigenvalue weighted by Crippen LogP contribution is -2.44. The van der Waals surface area contributed by atoms with Gasteiger partial charge in [0.25, 0.3) is 0 Å². The minimum atomic E-state index is -4.77. The Morgan fingerprint density at radius 1 is 1.52 bits per heavy atom. The average Bonchev–Trinajstić information content (AvgIpc) is 2.71. The van der Waals surface area contributed by atoms with E-state index in [1.807, 2.05) is 0 Å². The number of hydrogen-bond acceptors (Lipinski definition) is 4. The van der Waals surface area contributed by atoms with E-state index >= 15 is 0 Å². The number of carboxylic acid groups (broad SMARTS) is 1. The van der Waals surface area contributed by atoms with Gasteiger partial charge >= 0.3 is 18.4 Å². The minimum Gasteiger partial charge on any atom is -0.450 e. The average molecular weight is 329 g/mol. The molecule has 1 heterocycles. The van der Waals surface area contributed by atoms with Crippen molar-refractivity contribution in [2.45, 2.75) is 18.8 Å². The van der Waals surface area contributed by atoms with Gasteiger partial charge < -0.3 is 9.84 Å². The predicted molar refractivity (Wildman–Crippen MR) is 69.6 cm³/mol. The molecule has 1 aromatic carbocycles. The fourth-order valence-electron chi connectivity index (χ4n) is 2.20. The number of alkyl halides is 3. The zero-order valence-electron chi connectivity index (χ0n) is 11.6. The third-order valence-corrected chi connectivity index (χ3v) is 3.13. The van der Waals surface area contributed by atoms with Gasteiger partial charge in [0.1, 0.15) is 0 Å². The van der Waals surface area contributed by atoms with E-state index in [4.69, 9.17) is 10.4 Å². The van der Waals surface area contributed by atoms with E-state index in [9.17, 15) is 22.8 Å². The summed E-state index contributed by atoms with van der Waals surface area (Å²) in [6, 6.07) is 3.39. The summed E-state index contributed by atoms with van der Waals surface area (Å²) in [6.07, 6.45) is -6.40. The van der Waals surface area contributed by atoms with Crippen LogP contribution in [-0.4, -0.2) is 29.6 Å². The number of nitrogens with zero attached hydrogens (tertiary/aromatic N) is 2. The molecule has 0 aromatic heterocycles. The molecule has 2 N–H and O–H groups in total. The molecule has 0 bridgehead atoms. The van der Waals surface area contributed by atoms with Crippen LogP contribution in [0.1, 0.15) is 18.1 Å². The van der Waals surface area contributed by atoms with E-state index < -0.39 is 35.2 Å². The number of rotatable bonds is 2. The summed E-state index contributed by atoms with van der Waals surface area (Å²) in [5.41, 5.74) is -3.48. The number of nitrogens with one attached hydrogen (secondary N) is 1. The molecule has 0 aliphatic carbocycles. The van der Waals surface area contributed by atoms with Crippen molar-refractivity contribution in [3.63, 3.8) is 0 Å². The van der Waals surface area contributed by atoms with Crippen molar-refractivity contribution >= 4 is 17.9 Å². The zero-order valence-corrected chi connectivity index (χ0v) is 11.6. The maximum atomic E-state index is 13.0. The fraction of sp³-hybridized carbons (Fsp3) is 0.308. The summed E-state index contributed by atoms with van der Waals surface area (Å²) in [4.78, 5) is 23.4. The number of amides is 2. The van der Waals surface area contributed by atoms with E-state index in [-0.39, 0.29) is 12.2 Å². The van der Waals surface area contributed by atoms with Gasteiger partial charge in [0, 0.05) is 5.69 Å². The minimum absolute atomic E-state index is 0.133. The van der Waals surface area contributed by atoms with Crippen LogP contribution in [0.5, 0.6) is 0 Å². The summed E-state index contributed by atoms with van der Waals surface area (Å²) in [5, 5.41) is 19.6. The quantitative estimate of drug-likeness (QED) is 0.812. The molecule has 1 aromatic rings. The number of halogens is 3. The van der Waals surface area contributed by atoms with Gasteiger partial charge in [-0.05, 0) is 25.1 Å². The molecule has 7 nitrogen and oxygen atoms in total. The van der Waals surface area contributed by atoms with Gasteiger partial charge in [0.05, 0.1) is 23.7 Å². The van der Waals surface area contributed by atoms with Crippen molar-refractivity contribution < 1.29 is 32.6 Å². The third-order valence-electron chi connectivity index (χ3n) is 3.13. The lowest BCUT2D eigenvalue weighted by Gasteiger charge is -2.22. The van der Waals surface area contributed by atoms with E-state index in [1.165, 1.54) is 19.1 Å². The number of anilines is 1. The molecule has 122 valence electrons. The molecule has 0 saturated carbocycles. The van der Waals surface area contributed by atoms with Gasteiger partial charge in [-0.1, -0.05) is 0 Å². The molecule has 10 heteroatoms. The van der Waals surface area contributed by atoms with Crippen molar-refractivity contribution in [3.8, 4) is 6.07 Å².